The molecule has 8 heteroatoms. The summed E-state index contributed by atoms with van der Waals surface area (Å²) in [6.45, 7) is 18.3. The van der Waals surface area contributed by atoms with E-state index in [4.69, 9.17) is 19.8 Å². The Morgan fingerprint density at radius 2 is 1.90 bits per heavy atom. The fourth-order valence-electron chi connectivity index (χ4n) is 3.25. The predicted octanol–water partition coefficient (Wildman–Crippen LogP) is 3.49. The molecule has 29 heavy (non-hydrogen) atoms. The van der Waals surface area contributed by atoms with E-state index < -0.39 is 23.9 Å². The van der Waals surface area contributed by atoms with Gasteiger partial charge in [0.1, 0.15) is 11.4 Å². The first-order chi connectivity index (χ1) is 13.3. The summed E-state index contributed by atoms with van der Waals surface area (Å²) in [6.07, 6.45) is 4.82. The van der Waals surface area contributed by atoms with Gasteiger partial charge in [-0.05, 0) is 66.8 Å². The fraction of sp³-hybridized carbons (Fsp3) is 0.714. The van der Waals surface area contributed by atoms with E-state index in [9.17, 15) is 4.79 Å². The summed E-state index contributed by atoms with van der Waals surface area (Å²) in [5.41, 5.74) is 5.70. The molecule has 0 aromatic heterocycles. The van der Waals surface area contributed by atoms with Crippen molar-refractivity contribution in [1.29, 1.82) is 0 Å². The van der Waals surface area contributed by atoms with E-state index in [0.717, 1.165) is 18.3 Å². The Morgan fingerprint density at radius 3 is 2.41 bits per heavy atom. The number of ether oxygens (including phenoxy) is 1. The number of rotatable bonds is 5. The molecule has 2 rings (SSSR count). The molecule has 1 amide bonds. The van der Waals surface area contributed by atoms with Crippen LogP contribution in [0.4, 0.5) is 4.79 Å². The molecule has 0 spiro atoms. The molecule has 0 aromatic carbocycles. The van der Waals surface area contributed by atoms with Crippen LogP contribution in [0.25, 0.3) is 0 Å². The quantitative estimate of drug-likeness (QED) is 0.328. The molecule has 0 saturated carbocycles. The summed E-state index contributed by atoms with van der Waals surface area (Å²) in [5, 5.41) is 0. The van der Waals surface area contributed by atoms with Gasteiger partial charge in [-0.1, -0.05) is 18.7 Å². The summed E-state index contributed by atoms with van der Waals surface area (Å²) >= 11 is 0. The Labute approximate surface area is 175 Å². The fourth-order valence-corrected chi connectivity index (χ4v) is 3.25. The molecule has 162 valence electrons. The van der Waals surface area contributed by atoms with Crippen LogP contribution in [0.2, 0.25) is 0 Å². The van der Waals surface area contributed by atoms with Gasteiger partial charge < -0.3 is 19.8 Å². The van der Waals surface area contributed by atoms with Gasteiger partial charge in [0.25, 0.3) is 0 Å². The third-order valence-electron chi connectivity index (χ3n) is 5.55. The van der Waals surface area contributed by atoms with Gasteiger partial charge in [0, 0.05) is 6.54 Å². The van der Waals surface area contributed by atoms with E-state index in [0.29, 0.717) is 18.9 Å². The maximum atomic E-state index is 12.5. The maximum absolute atomic E-state index is 12.5. The first-order valence-corrected chi connectivity index (χ1v) is 10.2. The number of hydrogen-bond acceptors (Lipinski definition) is 5. The summed E-state index contributed by atoms with van der Waals surface area (Å²) < 4.78 is 17.7. The standard InChI is InChI=1S/C21H36BN3O4/c1-9-11-15(22-28-20(5,6)21(7,8)29-22)14-24-17(23)16-12-10-13-25(16)18(26)27-19(2,3)4/h9,11,16H,1,10,12-14H2,2-8H3,(H2,23,24)/b15-11+. The van der Waals surface area contributed by atoms with Crippen molar-refractivity contribution in [3.05, 3.63) is 24.2 Å². The largest absolute Gasteiger partial charge is 0.492 e. The number of amidine groups is 1. The van der Waals surface area contributed by atoms with Crippen molar-refractivity contribution in [3.63, 3.8) is 0 Å². The van der Waals surface area contributed by atoms with Crippen molar-refractivity contribution >= 4 is 19.0 Å². The number of likely N-dealkylation sites (tertiary alicyclic amines) is 1. The number of nitrogens with two attached hydrogens (primary N) is 1. The molecule has 0 aliphatic carbocycles. The lowest BCUT2D eigenvalue weighted by Crippen LogP contribution is -2.46. The van der Waals surface area contributed by atoms with Gasteiger partial charge in [0.05, 0.1) is 23.8 Å². The molecule has 2 N–H and O–H groups in total. The van der Waals surface area contributed by atoms with Crippen LogP contribution in [0.15, 0.2) is 29.2 Å². The van der Waals surface area contributed by atoms with E-state index in [-0.39, 0.29) is 12.1 Å². The third-order valence-corrected chi connectivity index (χ3v) is 5.55. The molecule has 2 heterocycles. The Hall–Kier alpha value is -1.80. The molecule has 1 unspecified atom stereocenters. The zero-order valence-electron chi connectivity index (χ0n) is 18.9. The lowest BCUT2D eigenvalue weighted by atomic mass is 9.78. The van der Waals surface area contributed by atoms with E-state index >= 15 is 0 Å². The summed E-state index contributed by atoms with van der Waals surface area (Å²) in [7, 11) is -0.514. The van der Waals surface area contributed by atoms with Gasteiger partial charge in [-0.3, -0.25) is 9.89 Å². The molecule has 7 nitrogen and oxygen atoms in total. The van der Waals surface area contributed by atoms with Gasteiger partial charge in [-0.25, -0.2) is 4.79 Å². The Morgan fingerprint density at radius 1 is 1.31 bits per heavy atom. The van der Waals surface area contributed by atoms with Gasteiger partial charge in [-0.15, -0.1) is 0 Å². The van der Waals surface area contributed by atoms with Crippen molar-refractivity contribution in [2.45, 2.75) is 84.2 Å². The van der Waals surface area contributed by atoms with Crippen LogP contribution < -0.4 is 5.73 Å². The minimum absolute atomic E-state index is 0.256. The maximum Gasteiger partial charge on any atom is 0.492 e. The average Bonchev–Trinajstić information content (AvgIpc) is 3.12. The van der Waals surface area contributed by atoms with E-state index in [1.165, 1.54) is 0 Å². The van der Waals surface area contributed by atoms with Crippen LogP contribution in [0, 0.1) is 0 Å². The topological polar surface area (TPSA) is 86.4 Å². The number of nitrogens with zero attached hydrogens (tertiary/aromatic N) is 2. The minimum atomic E-state index is -0.549. The molecule has 2 fully saturated rings. The van der Waals surface area contributed by atoms with Gasteiger partial charge >= 0.3 is 13.2 Å². The van der Waals surface area contributed by atoms with Crippen LogP contribution in [0.1, 0.15) is 61.3 Å². The molecule has 2 saturated heterocycles. The highest BCUT2D eigenvalue weighted by molar-refractivity contribution is 6.54. The van der Waals surface area contributed by atoms with Crippen LogP contribution >= 0.6 is 0 Å². The smallest absolute Gasteiger partial charge is 0.444 e. The molecule has 1 atom stereocenters. The number of amides is 1. The second-order valence-corrected chi connectivity index (χ2v) is 9.64. The third kappa shape index (κ3) is 5.63. The highest BCUT2D eigenvalue weighted by Gasteiger charge is 2.52. The first kappa shape index (κ1) is 23.5. The lowest BCUT2D eigenvalue weighted by Gasteiger charge is -2.32. The molecule has 2 aliphatic rings. The average molecular weight is 405 g/mol. The van der Waals surface area contributed by atoms with Gasteiger partial charge in [0.2, 0.25) is 0 Å². The molecule has 0 radical (unpaired) electrons. The molecule has 0 aromatic rings. The number of aliphatic imine (C=N–C) groups is 1. The Bertz CT molecular complexity index is 679. The molecule has 2 aliphatic heterocycles. The molecule has 0 bridgehead atoms. The van der Waals surface area contributed by atoms with Crippen LogP contribution in [0.5, 0.6) is 0 Å². The summed E-state index contributed by atoms with van der Waals surface area (Å²) in [5.74, 6) is 0.417. The Balaban J connectivity index is 2.11. The normalized spacial score (nSPS) is 24.7. The predicted molar refractivity (Wildman–Crippen MR) is 117 cm³/mol. The number of hydrogen-bond donors (Lipinski definition) is 1. The first-order valence-electron chi connectivity index (χ1n) is 10.2. The number of carbonyl (C=O) groups is 1. The monoisotopic (exact) mass is 405 g/mol. The van der Waals surface area contributed by atoms with E-state index in [1.54, 1.807) is 11.0 Å². The minimum Gasteiger partial charge on any atom is -0.444 e. The summed E-state index contributed by atoms with van der Waals surface area (Å²) in [4.78, 5) is 18.7. The number of carbonyl (C=O) groups excluding carboxylic acids is 1. The second-order valence-electron chi connectivity index (χ2n) is 9.64. The van der Waals surface area contributed by atoms with Crippen molar-refractivity contribution in [1.82, 2.24) is 4.90 Å². The van der Waals surface area contributed by atoms with E-state index in [2.05, 4.69) is 11.6 Å². The van der Waals surface area contributed by atoms with Crippen LogP contribution in [-0.4, -0.2) is 59.9 Å². The molecular formula is C21H36BN3O4. The van der Waals surface area contributed by atoms with Gasteiger partial charge in [-0.2, -0.15) is 0 Å². The van der Waals surface area contributed by atoms with E-state index in [1.807, 2.05) is 54.5 Å². The summed E-state index contributed by atoms with van der Waals surface area (Å²) in [6, 6.07) is -0.256. The zero-order valence-corrected chi connectivity index (χ0v) is 18.9. The number of allylic oxidation sites excluding steroid dienone is 2. The van der Waals surface area contributed by atoms with Gasteiger partial charge in [0.15, 0.2) is 0 Å². The highest BCUT2D eigenvalue weighted by Crippen LogP contribution is 2.38. The van der Waals surface area contributed by atoms with Crippen LogP contribution in [0.3, 0.4) is 0 Å². The van der Waals surface area contributed by atoms with Crippen molar-refractivity contribution < 1.29 is 18.8 Å². The highest BCUT2D eigenvalue weighted by atomic mass is 16.7. The lowest BCUT2D eigenvalue weighted by molar-refractivity contribution is 0.00578. The van der Waals surface area contributed by atoms with Crippen molar-refractivity contribution in [2.24, 2.45) is 10.7 Å². The molecular weight excluding hydrogens is 369 g/mol. The van der Waals surface area contributed by atoms with Crippen LogP contribution in [-0.2, 0) is 14.0 Å². The second kappa shape index (κ2) is 8.52. The van der Waals surface area contributed by atoms with Crippen molar-refractivity contribution in [3.8, 4) is 0 Å². The Kier molecular flexibility index (Phi) is 6.90. The van der Waals surface area contributed by atoms with Crippen molar-refractivity contribution in [2.75, 3.05) is 13.1 Å². The zero-order chi connectivity index (χ0) is 22.0. The SMILES string of the molecule is C=C/C=C(\CN=C(N)C1CCCN1C(=O)OC(C)(C)C)B1OC(C)(C)C(C)(C)O1.